The fraction of sp³-hybridized carbons (Fsp3) is 0.429. The predicted octanol–water partition coefficient (Wildman–Crippen LogP) is 2.99. The summed E-state index contributed by atoms with van der Waals surface area (Å²) in [5.74, 6) is -0.453. The van der Waals surface area contributed by atoms with Crippen LogP contribution in [0.2, 0.25) is 0 Å². The van der Waals surface area contributed by atoms with Crippen LogP contribution in [-0.4, -0.2) is 26.0 Å². The Kier molecular flexibility index (Phi) is 3.59. The summed E-state index contributed by atoms with van der Waals surface area (Å²) < 4.78 is 0. The topological polar surface area (TPSA) is 88.0 Å². The maximum Gasteiger partial charge on any atom is 0.356 e. The fourth-order valence-corrected chi connectivity index (χ4v) is 3.35. The highest BCUT2D eigenvalue weighted by atomic mass is 32.1. The lowest BCUT2D eigenvalue weighted by atomic mass is 10.2. The van der Waals surface area contributed by atoms with Gasteiger partial charge in [0.25, 0.3) is 0 Å². The van der Waals surface area contributed by atoms with E-state index in [9.17, 15) is 9.90 Å². The SMILES string of the molecule is CC(C)c1ncc(Nc2nc3c(s2)CCC3)c(C(=O)O)n1. The number of anilines is 2. The summed E-state index contributed by atoms with van der Waals surface area (Å²) in [6, 6.07) is 0. The van der Waals surface area contributed by atoms with Crippen molar-refractivity contribution in [2.75, 3.05) is 5.32 Å². The second-order valence-corrected chi connectivity index (χ2v) is 6.40. The zero-order chi connectivity index (χ0) is 15.0. The van der Waals surface area contributed by atoms with Gasteiger partial charge in [0.1, 0.15) is 5.82 Å². The number of aromatic carboxylic acids is 1. The Hall–Kier alpha value is -2.02. The summed E-state index contributed by atoms with van der Waals surface area (Å²) in [6.07, 6.45) is 4.74. The highest BCUT2D eigenvalue weighted by Gasteiger charge is 2.20. The summed E-state index contributed by atoms with van der Waals surface area (Å²) in [7, 11) is 0. The fourth-order valence-electron chi connectivity index (χ4n) is 2.29. The molecule has 2 N–H and O–H groups in total. The van der Waals surface area contributed by atoms with Crippen molar-refractivity contribution in [2.24, 2.45) is 0 Å². The Morgan fingerprint density at radius 2 is 2.19 bits per heavy atom. The molecule has 3 rings (SSSR count). The largest absolute Gasteiger partial charge is 0.476 e. The molecule has 110 valence electrons. The number of thiazole rings is 1. The number of carbonyl (C=O) groups is 1. The average Bonchev–Trinajstić information content (AvgIpc) is 2.99. The predicted molar refractivity (Wildman–Crippen MR) is 80.5 cm³/mol. The van der Waals surface area contributed by atoms with Crippen molar-refractivity contribution in [3.63, 3.8) is 0 Å². The molecule has 0 unspecified atom stereocenters. The monoisotopic (exact) mass is 304 g/mol. The maximum absolute atomic E-state index is 11.4. The third kappa shape index (κ3) is 2.73. The highest BCUT2D eigenvalue weighted by molar-refractivity contribution is 7.15. The minimum Gasteiger partial charge on any atom is -0.476 e. The van der Waals surface area contributed by atoms with Gasteiger partial charge in [-0.05, 0) is 19.3 Å². The number of aromatic nitrogens is 3. The smallest absolute Gasteiger partial charge is 0.356 e. The van der Waals surface area contributed by atoms with E-state index in [4.69, 9.17) is 0 Å². The van der Waals surface area contributed by atoms with Crippen molar-refractivity contribution in [3.8, 4) is 0 Å². The molecular weight excluding hydrogens is 288 g/mol. The van der Waals surface area contributed by atoms with Gasteiger partial charge in [-0.1, -0.05) is 13.8 Å². The molecule has 1 aliphatic rings. The molecule has 2 aromatic rings. The van der Waals surface area contributed by atoms with Crippen LogP contribution < -0.4 is 5.32 Å². The Balaban J connectivity index is 1.91. The van der Waals surface area contributed by atoms with Gasteiger partial charge < -0.3 is 10.4 Å². The zero-order valence-corrected chi connectivity index (χ0v) is 12.7. The van der Waals surface area contributed by atoms with E-state index in [0.29, 0.717) is 16.6 Å². The van der Waals surface area contributed by atoms with Gasteiger partial charge in [-0.25, -0.2) is 19.7 Å². The Morgan fingerprint density at radius 1 is 1.38 bits per heavy atom. The summed E-state index contributed by atoms with van der Waals surface area (Å²) in [5.41, 5.74) is 1.50. The molecule has 0 amide bonds. The average molecular weight is 304 g/mol. The number of fused-ring (bicyclic) bond motifs is 1. The van der Waals surface area contributed by atoms with Crippen LogP contribution in [0, 0.1) is 0 Å². The summed E-state index contributed by atoms with van der Waals surface area (Å²) >= 11 is 1.58. The van der Waals surface area contributed by atoms with Crippen molar-refractivity contribution in [2.45, 2.75) is 39.0 Å². The second-order valence-electron chi connectivity index (χ2n) is 5.32. The number of carboxylic acids is 1. The number of hydrogen-bond acceptors (Lipinski definition) is 6. The molecule has 0 saturated carbocycles. The van der Waals surface area contributed by atoms with Crippen molar-refractivity contribution >= 4 is 28.1 Å². The van der Waals surface area contributed by atoms with Crippen LogP contribution in [0.3, 0.4) is 0 Å². The van der Waals surface area contributed by atoms with Gasteiger partial charge in [-0.15, -0.1) is 11.3 Å². The third-order valence-corrected chi connectivity index (χ3v) is 4.44. The lowest BCUT2D eigenvalue weighted by Gasteiger charge is -2.09. The zero-order valence-electron chi connectivity index (χ0n) is 11.9. The third-order valence-electron chi connectivity index (χ3n) is 3.36. The molecule has 0 radical (unpaired) electrons. The number of carboxylic acid groups (broad SMARTS) is 1. The number of rotatable bonds is 4. The van der Waals surface area contributed by atoms with E-state index in [-0.39, 0.29) is 11.6 Å². The molecule has 2 aromatic heterocycles. The Bertz CT molecular complexity index is 675. The van der Waals surface area contributed by atoms with E-state index >= 15 is 0 Å². The molecule has 0 bridgehead atoms. The normalized spacial score (nSPS) is 13.5. The lowest BCUT2D eigenvalue weighted by Crippen LogP contribution is -2.10. The van der Waals surface area contributed by atoms with E-state index < -0.39 is 5.97 Å². The van der Waals surface area contributed by atoms with E-state index in [2.05, 4.69) is 20.3 Å². The van der Waals surface area contributed by atoms with E-state index in [1.807, 2.05) is 13.8 Å². The van der Waals surface area contributed by atoms with Crippen LogP contribution >= 0.6 is 11.3 Å². The van der Waals surface area contributed by atoms with Gasteiger partial charge >= 0.3 is 5.97 Å². The van der Waals surface area contributed by atoms with Gasteiger partial charge in [-0.3, -0.25) is 0 Å². The standard InChI is InChI=1S/C14H16N4O2S/c1-7(2)12-15-6-9(11(18-12)13(19)20)17-14-16-8-4-3-5-10(8)21-14/h6-7H,3-5H2,1-2H3,(H,16,17)(H,19,20). The number of nitrogens with one attached hydrogen (secondary N) is 1. The van der Waals surface area contributed by atoms with Crippen LogP contribution in [0.5, 0.6) is 0 Å². The molecule has 6 nitrogen and oxygen atoms in total. The van der Waals surface area contributed by atoms with Crippen LogP contribution in [-0.2, 0) is 12.8 Å². The maximum atomic E-state index is 11.4. The molecule has 0 aliphatic heterocycles. The van der Waals surface area contributed by atoms with Gasteiger partial charge in [0, 0.05) is 10.8 Å². The number of aryl methyl sites for hydroxylation is 2. The van der Waals surface area contributed by atoms with Crippen molar-refractivity contribution < 1.29 is 9.90 Å². The van der Waals surface area contributed by atoms with Crippen LogP contribution in [0.25, 0.3) is 0 Å². The first-order valence-electron chi connectivity index (χ1n) is 6.90. The van der Waals surface area contributed by atoms with Gasteiger partial charge in [0.05, 0.1) is 17.6 Å². The first kappa shape index (κ1) is 13.9. The van der Waals surface area contributed by atoms with E-state index in [0.717, 1.165) is 25.0 Å². The van der Waals surface area contributed by atoms with Gasteiger partial charge in [0.15, 0.2) is 10.8 Å². The Labute approximate surface area is 126 Å². The number of hydrogen-bond donors (Lipinski definition) is 2. The van der Waals surface area contributed by atoms with Crippen molar-refractivity contribution in [1.82, 2.24) is 15.0 Å². The molecule has 0 spiro atoms. The number of nitrogens with zero attached hydrogens (tertiary/aromatic N) is 3. The quantitative estimate of drug-likeness (QED) is 0.902. The van der Waals surface area contributed by atoms with Crippen molar-refractivity contribution in [1.29, 1.82) is 0 Å². The van der Waals surface area contributed by atoms with E-state index in [1.165, 1.54) is 11.1 Å². The van der Waals surface area contributed by atoms with Crippen LogP contribution in [0.15, 0.2) is 6.20 Å². The molecule has 21 heavy (non-hydrogen) atoms. The van der Waals surface area contributed by atoms with Gasteiger partial charge in [-0.2, -0.15) is 0 Å². The molecular formula is C14H16N4O2S. The molecule has 2 heterocycles. The van der Waals surface area contributed by atoms with Gasteiger partial charge in [0.2, 0.25) is 0 Å². The van der Waals surface area contributed by atoms with Crippen LogP contribution in [0.1, 0.15) is 53.1 Å². The molecule has 0 fully saturated rings. The lowest BCUT2D eigenvalue weighted by molar-refractivity contribution is 0.0691. The summed E-state index contributed by atoms with van der Waals surface area (Å²) in [6.45, 7) is 3.86. The van der Waals surface area contributed by atoms with Crippen LogP contribution in [0.4, 0.5) is 10.8 Å². The minimum atomic E-state index is -1.06. The first-order valence-corrected chi connectivity index (χ1v) is 7.72. The molecule has 0 aromatic carbocycles. The highest BCUT2D eigenvalue weighted by Crippen LogP contribution is 2.32. The summed E-state index contributed by atoms with van der Waals surface area (Å²) in [5, 5.41) is 13.1. The molecule has 7 heteroatoms. The first-order chi connectivity index (χ1) is 10.0. The molecule has 1 aliphatic carbocycles. The van der Waals surface area contributed by atoms with Crippen molar-refractivity contribution in [3.05, 3.63) is 28.3 Å². The second kappa shape index (κ2) is 5.40. The molecule has 0 saturated heterocycles. The Morgan fingerprint density at radius 3 is 2.86 bits per heavy atom. The minimum absolute atomic E-state index is 0.0101. The van der Waals surface area contributed by atoms with E-state index in [1.54, 1.807) is 11.3 Å². The summed E-state index contributed by atoms with van der Waals surface area (Å²) in [4.78, 5) is 25.5. The molecule has 0 atom stereocenters.